The van der Waals surface area contributed by atoms with E-state index in [9.17, 15) is 18.0 Å². The molecule has 1 aromatic heterocycles. The molecule has 0 fully saturated rings. The van der Waals surface area contributed by atoms with Gasteiger partial charge < -0.3 is 11.1 Å². The number of amides is 1. The lowest BCUT2D eigenvalue weighted by Crippen LogP contribution is -2.28. The van der Waals surface area contributed by atoms with Crippen LogP contribution in [-0.2, 0) is 11.0 Å². The molecule has 0 bridgehead atoms. The fourth-order valence-corrected chi connectivity index (χ4v) is 2.41. The van der Waals surface area contributed by atoms with E-state index in [2.05, 4.69) is 10.3 Å². The van der Waals surface area contributed by atoms with Crippen molar-refractivity contribution in [1.29, 1.82) is 0 Å². The average molecular weight is 332 g/mol. The van der Waals surface area contributed by atoms with Crippen molar-refractivity contribution >= 4 is 29.7 Å². The highest BCUT2D eigenvalue weighted by atomic mass is 35.5. The first-order valence-electron chi connectivity index (χ1n) is 5.90. The summed E-state index contributed by atoms with van der Waals surface area (Å²) in [5.41, 5.74) is 4.37. The summed E-state index contributed by atoms with van der Waals surface area (Å²) in [6.07, 6.45) is -3.14. The Balaban J connectivity index is 0.00000361. The van der Waals surface area contributed by atoms with Crippen LogP contribution in [0.25, 0.3) is 0 Å². The van der Waals surface area contributed by atoms with Crippen LogP contribution < -0.4 is 11.1 Å². The van der Waals surface area contributed by atoms with Gasteiger partial charge >= 0.3 is 6.18 Å². The summed E-state index contributed by atoms with van der Waals surface area (Å²) in [6, 6.07) is -0.480. The molecule has 1 aromatic rings. The summed E-state index contributed by atoms with van der Waals surface area (Å²) >= 11 is 0.904. The minimum absolute atomic E-state index is 0. The van der Waals surface area contributed by atoms with Gasteiger partial charge in [0, 0.05) is 11.8 Å². The van der Waals surface area contributed by atoms with Crippen LogP contribution in [0.15, 0.2) is 5.38 Å². The van der Waals surface area contributed by atoms with E-state index in [1.54, 1.807) is 6.92 Å². The number of carbonyl (C=O) groups is 1. The van der Waals surface area contributed by atoms with Crippen molar-refractivity contribution in [3.63, 3.8) is 0 Å². The van der Waals surface area contributed by atoms with Gasteiger partial charge in [-0.2, -0.15) is 13.2 Å². The third-order valence-corrected chi connectivity index (χ3v) is 3.42. The van der Waals surface area contributed by atoms with Gasteiger partial charge in [0.15, 0.2) is 5.69 Å². The molecule has 0 aliphatic rings. The Labute approximate surface area is 125 Å². The predicted octanol–water partition coefficient (Wildman–Crippen LogP) is 2.89. The lowest BCUT2D eigenvalue weighted by atomic mass is 10.2. The number of alkyl halides is 3. The van der Waals surface area contributed by atoms with Crippen molar-refractivity contribution in [3.8, 4) is 0 Å². The average Bonchev–Trinajstić information content (AvgIpc) is 2.82. The molecule has 1 unspecified atom stereocenters. The number of carbonyl (C=O) groups excluding carboxylic acids is 1. The zero-order valence-corrected chi connectivity index (χ0v) is 12.5. The fourth-order valence-electron chi connectivity index (χ4n) is 1.45. The van der Waals surface area contributed by atoms with Gasteiger partial charge in [-0.1, -0.05) is 6.92 Å². The lowest BCUT2D eigenvalue weighted by Gasteiger charge is -2.14. The van der Waals surface area contributed by atoms with Gasteiger partial charge in [-0.25, -0.2) is 4.98 Å². The van der Waals surface area contributed by atoms with E-state index in [0.717, 1.165) is 16.7 Å². The molecule has 1 heterocycles. The maximum atomic E-state index is 12.4. The molecule has 9 heteroatoms. The number of thiazole rings is 1. The minimum atomic E-state index is -4.45. The van der Waals surface area contributed by atoms with E-state index < -0.39 is 17.9 Å². The molecule has 0 aliphatic heterocycles. The summed E-state index contributed by atoms with van der Waals surface area (Å²) in [5, 5.41) is 3.90. The number of nitrogens with one attached hydrogen (secondary N) is 1. The normalized spacial score (nSPS) is 12.7. The zero-order chi connectivity index (χ0) is 14.5. The van der Waals surface area contributed by atoms with Gasteiger partial charge in [0.25, 0.3) is 0 Å². The number of nitrogens with two attached hydrogens (primary N) is 1. The highest BCUT2D eigenvalue weighted by molar-refractivity contribution is 7.09. The highest BCUT2D eigenvalue weighted by Gasteiger charge is 2.34. The van der Waals surface area contributed by atoms with Crippen LogP contribution in [0.5, 0.6) is 0 Å². The van der Waals surface area contributed by atoms with Crippen molar-refractivity contribution in [3.05, 3.63) is 16.1 Å². The third-order valence-electron chi connectivity index (χ3n) is 2.46. The van der Waals surface area contributed by atoms with Gasteiger partial charge in [0.1, 0.15) is 5.01 Å². The third kappa shape index (κ3) is 5.64. The number of halogens is 4. The van der Waals surface area contributed by atoms with Crippen LogP contribution in [0.1, 0.15) is 42.9 Å². The number of hydrogen-bond donors (Lipinski definition) is 2. The Kier molecular flexibility index (Phi) is 8.07. The van der Waals surface area contributed by atoms with Crippen molar-refractivity contribution in [2.75, 3.05) is 6.54 Å². The first-order chi connectivity index (χ1) is 8.88. The van der Waals surface area contributed by atoms with Crippen LogP contribution >= 0.6 is 23.7 Å². The Morgan fingerprint density at radius 1 is 1.55 bits per heavy atom. The van der Waals surface area contributed by atoms with E-state index in [-0.39, 0.29) is 29.7 Å². The number of rotatable bonds is 6. The second-order valence-electron chi connectivity index (χ2n) is 3.99. The number of nitrogens with zero attached hydrogens (tertiary/aromatic N) is 1. The topological polar surface area (TPSA) is 68.0 Å². The van der Waals surface area contributed by atoms with E-state index in [4.69, 9.17) is 5.73 Å². The Hall–Kier alpha value is -0.860. The van der Waals surface area contributed by atoms with Gasteiger partial charge in [-0.3, -0.25) is 4.79 Å². The standard InChI is InChI=1S/C11H16F3N3OS.ClH/c1-2-7(16-9(18)4-3-5-15)10-17-8(6-19-10)11(12,13)14;/h6-7H,2-5,15H2,1H3,(H,16,18);1H. The molecule has 3 N–H and O–H groups in total. The van der Waals surface area contributed by atoms with Crippen molar-refractivity contribution in [2.45, 2.75) is 38.4 Å². The molecule has 1 atom stereocenters. The smallest absolute Gasteiger partial charge is 0.347 e. The summed E-state index contributed by atoms with van der Waals surface area (Å²) in [6.45, 7) is 2.18. The molecule has 0 saturated heterocycles. The summed E-state index contributed by atoms with van der Waals surface area (Å²) in [5.74, 6) is -0.221. The molecule has 1 rings (SSSR count). The van der Waals surface area contributed by atoms with Crippen LogP contribution in [0.2, 0.25) is 0 Å². The fraction of sp³-hybridized carbons (Fsp3) is 0.636. The van der Waals surface area contributed by atoms with Gasteiger partial charge in [0.05, 0.1) is 6.04 Å². The molecule has 1 amide bonds. The maximum Gasteiger partial charge on any atom is 0.434 e. The lowest BCUT2D eigenvalue weighted by molar-refractivity contribution is -0.140. The highest BCUT2D eigenvalue weighted by Crippen LogP contribution is 2.32. The quantitative estimate of drug-likeness (QED) is 0.842. The summed E-state index contributed by atoms with van der Waals surface area (Å²) in [4.78, 5) is 15.1. The Bertz CT molecular complexity index is 425. The maximum absolute atomic E-state index is 12.4. The van der Waals surface area contributed by atoms with E-state index in [0.29, 0.717) is 19.4 Å². The van der Waals surface area contributed by atoms with E-state index >= 15 is 0 Å². The largest absolute Gasteiger partial charge is 0.434 e. The predicted molar refractivity (Wildman–Crippen MR) is 73.8 cm³/mol. The number of aromatic nitrogens is 1. The van der Waals surface area contributed by atoms with Crippen molar-refractivity contribution < 1.29 is 18.0 Å². The first kappa shape index (κ1) is 19.1. The van der Waals surface area contributed by atoms with E-state index in [1.807, 2.05) is 0 Å². The molecule has 0 aliphatic carbocycles. The molecule has 116 valence electrons. The van der Waals surface area contributed by atoms with Gasteiger partial charge in [-0.15, -0.1) is 23.7 Å². The molecule has 4 nitrogen and oxygen atoms in total. The molecular formula is C11H17ClF3N3OS. The second-order valence-corrected chi connectivity index (χ2v) is 4.88. The van der Waals surface area contributed by atoms with Crippen LogP contribution in [0.4, 0.5) is 13.2 Å². The molecule has 0 spiro atoms. The zero-order valence-electron chi connectivity index (χ0n) is 10.9. The van der Waals surface area contributed by atoms with Crippen LogP contribution in [0.3, 0.4) is 0 Å². The van der Waals surface area contributed by atoms with Crippen LogP contribution in [-0.4, -0.2) is 17.4 Å². The number of hydrogen-bond acceptors (Lipinski definition) is 4. The van der Waals surface area contributed by atoms with Gasteiger partial charge in [0.2, 0.25) is 5.91 Å². The van der Waals surface area contributed by atoms with Gasteiger partial charge in [-0.05, 0) is 19.4 Å². The molecular weight excluding hydrogens is 315 g/mol. The molecule has 0 aromatic carbocycles. The van der Waals surface area contributed by atoms with Crippen molar-refractivity contribution in [2.24, 2.45) is 5.73 Å². The Morgan fingerprint density at radius 2 is 2.20 bits per heavy atom. The molecule has 0 radical (unpaired) electrons. The second kappa shape index (κ2) is 8.43. The van der Waals surface area contributed by atoms with Crippen molar-refractivity contribution in [1.82, 2.24) is 10.3 Å². The summed E-state index contributed by atoms with van der Waals surface area (Å²) < 4.78 is 37.3. The summed E-state index contributed by atoms with van der Waals surface area (Å²) in [7, 11) is 0. The monoisotopic (exact) mass is 331 g/mol. The SMILES string of the molecule is CCC(NC(=O)CCCN)c1nc(C(F)(F)F)cs1.Cl. The minimum Gasteiger partial charge on any atom is -0.347 e. The molecule has 0 saturated carbocycles. The van der Waals surface area contributed by atoms with E-state index in [1.165, 1.54) is 0 Å². The molecule has 20 heavy (non-hydrogen) atoms. The first-order valence-corrected chi connectivity index (χ1v) is 6.78. The van der Waals surface area contributed by atoms with Crippen LogP contribution in [0, 0.1) is 0 Å². The Morgan fingerprint density at radius 3 is 2.65 bits per heavy atom.